The summed E-state index contributed by atoms with van der Waals surface area (Å²) in [7, 11) is 1.31. The van der Waals surface area contributed by atoms with Gasteiger partial charge in [0.2, 0.25) is 12.0 Å². The second-order valence-corrected chi connectivity index (χ2v) is 7.59. The molecule has 0 saturated carbocycles. The zero-order chi connectivity index (χ0) is 23.0. The van der Waals surface area contributed by atoms with Crippen LogP contribution in [0.15, 0.2) is 36.4 Å². The first-order valence-electron chi connectivity index (χ1n) is 10.0. The molecule has 5 N–H and O–H groups in total. The summed E-state index contributed by atoms with van der Waals surface area (Å²) in [5.74, 6) is -0.956. The smallest absolute Gasteiger partial charge is 0.229 e. The first-order chi connectivity index (χ1) is 15.3. The Hall–Kier alpha value is -2.89. The fourth-order valence-corrected chi connectivity index (χ4v) is 3.86. The van der Waals surface area contributed by atoms with Crippen LogP contribution < -0.4 is 14.2 Å². The average molecular weight is 448 g/mol. The fourth-order valence-electron chi connectivity index (χ4n) is 3.86. The molecule has 0 aliphatic carbocycles. The third kappa shape index (κ3) is 3.87. The SMILES string of the molecule is COc1c(O[C@@H]2O[C@H](CO)[C@@H](O)[C@H](O)[C@H]2O)cc(O)c2c1O[C@H](c1ccccc1)CC2=O. The van der Waals surface area contributed by atoms with Gasteiger partial charge in [0.15, 0.2) is 17.3 Å². The summed E-state index contributed by atoms with van der Waals surface area (Å²) in [4.78, 5) is 12.8. The summed E-state index contributed by atoms with van der Waals surface area (Å²) < 4.78 is 22.4. The lowest BCUT2D eigenvalue weighted by atomic mass is 9.95. The van der Waals surface area contributed by atoms with Crippen molar-refractivity contribution in [2.75, 3.05) is 13.7 Å². The maximum absolute atomic E-state index is 12.8. The molecule has 10 heteroatoms. The Morgan fingerprint density at radius 2 is 1.81 bits per heavy atom. The first kappa shape index (κ1) is 22.3. The summed E-state index contributed by atoms with van der Waals surface area (Å²) in [6, 6.07) is 10.2. The number of hydrogen-bond donors (Lipinski definition) is 5. The number of aromatic hydroxyl groups is 1. The second kappa shape index (κ2) is 8.93. The number of ether oxygens (including phenoxy) is 4. The lowest BCUT2D eigenvalue weighted by Crippen LogP contribution is -2.60. The molecule has 0 amide bonds. The molecule has 2 aliphatic rings. The molecule has 2 aromatic carbocycles. The van der Waals surface area contributed by atoms with Gasteiger partial charge in [-0.05, 0) is 5.56 Å². The van der Waals surface area contributed by atoms with Crippen molar-refractivity contribution in [2.45, 2.75) is 43.2 Å². The van der Waals surface area contributed by atoms with Gasteiger partial charge in [-0.3, -0.25) is 4.79 Å². The molecule has 0 unspecified atom stereocenters. The van der Waals surface area contributed by atoms with Gasteiger partial charge in [0.1, 0.15) is 41.8 Å². The summed E-state index contributed by atoms with van der Waals surface area (Å²) in [5.41, 5.74) is 0.698. The van der Waals surface area contributed by atoms with E-state index in [9.17, 15) is 30.3 Å². The monoisotopic (exact) mass is 448 g/mol. The van der Waals surface area contributed by atoms with Crippen molar-refractivity contribution in [1.29, 1.82) is 0 Å². The number of rotatable bonds is 5. The largest absolute Gasteiger partial charge is 0.507 e. The van der Waals surface area contributed by atoms with Crippen molar-refractivity contribution in [1.82, 2.24) is 0 Å². The van der Waals surface area contributed by atoms with E-state index in [1.807, 2.05) is 30.3 Å². The quantitative estimate of drug-likeness (QED) is 0.431. The van der Waals surface area contributed by atoms with Crippen LogP contribution in [0.1, 0.15) is 28.4 Å². The van der Waals surface area contributed by atoms with Crippen LogP contribution in [0.5, 0.6) is 23.0 Å². The summed E-state index contributed by atoms with van der Waals surface area (Å²) >= 11 is 0. The van der Waals surface area contributed by atoms with E-state index in [1.165, 1.54) is 7.11 Å². The van der Waals surface area contributed by atoms with E-state index in [1.54, 1.807) is 0 Å². The highest BCUT2D eigenvalue weighted by molar-refractivity contribution is 6.03. The van der Waals surface area contributed by atoms with E-state index < -0.39 is 49.2 Å². The zero-order valence-electron chi connectivity index (χ0n) is 17.1. The van der Waals surface area contributed by atoms with Gasteiger partial charge in [-0.15, -0.1) is 0 Å². The molecule has 4 rings (SSSR count). The van der Waals surface area contributed by atoms with Gasteiger partial charge in [0, 0.05) is 6.07 Å². The minimum Gasteiger partial charge on any atom is -0.507 e. The number of carbonyl (C=O) groups excluding carboxylic acids is 1. The van der Waals surface area contributed by atoms with E-state index in [0.29, 0.717) is 0 Å². The molecule has 1 saturated heterocycles. The standard InChI is InChI=1S/C22H24O10/c1-29-20-14(31-22-19(28)18(27)17(26)15(9-23)32-22)8-12(25)16-11(24)7-13(30-21(16)20)10-5-3-2-4-6-10/h2-6,8,13,15,17-19,22-23,25-28H,7,9H2,1H3/t13-,15+,17+,18-,19+,22+/m0/s1. The molecular weight excluding hydrogens is 424 g/mol. The Morgan fingerprint density at radius 1 is 1.09 bits per heavy atom. The highest BCUT2D eigenvalue weighted by Gasteiger charge is 2.45. The van der Waals surface area contributed by atoms with Crippen molar-refractivity contribution >= 4 is 5.78 Å². The summed E-state index contributed by atoms with van der Waals surface area (Å²) in [6.45, 7) is -0.631. The molecule has 6 atom stereocenters. The lowest BCUT2D eigenvalue weighted by molar-refractivity contribution is -0.277. The number of aliphatic hydroxyl groups is 4. The Labute approximate surface area is 183 Å². The fraction of sp³-hybridized carbons (Fsp3) is 0.409. The van der Waals surface area contributed by atoms with E-state index in [0.717, 1.165) is 11.6 Å². The molecule has 0 aromatic heterocycles. The Kier molecular flexibility index (Phi) is 6.22. The molecule has 2 aliphatic heterocycles. The van der Waals surface area contributed by atoms with Crippen LogP contribution in [0.3, 0.4) is 0 Å². The molecule has 1 fully saturated rings. The van der Waals surface area contributed by atoms with Crippen LogP contribution in [-0.2, 0) is 4.74 Å². The van der Waals surface area contributed by atoms with E-state index in [-0.39, 0.29) is 35.0 Å². The van der Waals surface area contributed by atoms with Gasteiger partial charge in [-0.2, -0.15) is 0 Å². The van der Waals surface area contributed by atoms with Gasteiger partial charge < -0.3 is 44.5 Å². The van der Waals surface area contributed by atoms with Crippen molar-refractivity contribution in [2.24, 2.45) is 0 Å². The number of phenols is 1. The Morgan fingerprint density at radius 3 is 2.47 bits per heavy atom. The van der Waals surface area contributed by atoms with Gasteiger partial charge >= 0.3 is 0 Å². The molecular formula is C22H24O10. The lowest BCUT2D eigenvalue weighted by Gasteiger charge is -2.39. The van der Waals surface area contributed by atoms with Crippen LogP contribution >= 0.6 is 0 Å². The number of Topliss-reactive ketones (excluding diaryl/α,β-unsaturated/α-hetero) is 1. The van der Waals surface area contributed by atoms with Gasteiger partial charge in [-0.25, -0.2) is 0 Å². The summed E-state index contributed by atoms with van der Waals surface area (Å²) in [6.07, 6.45) is -8.18. The van der Waals surface area contributed by atoms with Crippen molar-refractivity contribution < 1.29 is 49.3 Å². The predicted octanol–water partition coefficient (Wildman–Crippen LogP) is 0.286. The highest BCUT2D eigenvalue weighted by Crippen LogP contribution is 2.50. The molecule has 10 nitrogen and oxygen atoms in total. The third-order valence-electron chi connectivity index (χ3n) is 5.56. The maximum Gasteiger partial charge on any atom is 0.229 e. The normalized spacial score (nSPS) is 29.7. The van der Waals surface area contributed by atoms with E-state index in [2.05, 4.69) is 0 Å². The highest BCUT2D eigenvalue weighted by atomic mass is 16.7. The van der Waals surface area contributed by atoms with Crippen molar-refractivity contribution in [3.8, 4) is 23.0 Å². The van der Waals surface area contributed by atoms with Gasteiger partial charge in [-0.1, -0.05) is 30.3 Å². The first-order valence-corrected chi connectivity index (χ1v) is 10.0. The van der Waals surface area contributed by atoms with Crippen LogP contribution in [0.2, 0.25) is 0 Å². The number of ketones is 1. The van der Waals surface area contributed by atoms with Crippen LogP contribution in [0.4, 0.5) is 0 Å². The Bertz CT molecular complexity index is 976. The molecule has 0 spiro atoms. The maximum atomic E-state index is 12.8. The van der Waals surface area contributed by atoms with Crippen LogP contribution in [-0.4, -0.2) is 75.7 Å². The number of methoxy groups -OCH3 is 1. The topological polar surface area (TPSA) is 155 Å². The second-order valence-electron chi connectivity index (χ2n) is 7.59. The minimum absolute atomic E-state index is 0.0145. The number of fused-ring (bicyclic) bond motifs is 1. The molecule has 2 aromatic rings. The average Bonchev–Trinajstić information content (AvgIpc) is 2.79. The number of benzene rings is 2. The van der Waals surface area contributed by atoms with Gasteiger partial charge in [0.25, 0.3) is 0 Å². The molecule has 0 bridgehead atoms. The number of phenolic OH excluding ortho intramolecular Hbond substituents is 1. The van der Waals surface area contributed by atoms with Crippen molar-refractivity contribution in [3.63, 3.8) is 0 Å². The minimum atomic E-state index is -1.67. The van der Waals surface area contributed by atoms with Crippen LogP contribution in [0.25, 0.3) is 0 Å². The number of aliphatic hydroxyl groups excluding tert-OH is 4. The van der Waals surface area contributed by atoms with E-state index >= 15 is 0 Å². The molecule has 0 radical (unpaired) electrons. The summed E-state index contributed by atoms with van der Waals surface area (Å²) in [5, 5.41) is 50.1. The predicted molar refractivity (Wildman–Crippen MR) is 108 cm³/mol. The zero-order valence-corrected chi connectivity index (χ0v) is 17.1. The van der Waals surface area contributed by atoms with Crippen LogP contribution in [0, 0.1) is 0 Å². The number of carbonyl (C=O) groups is 1. The van der Waals surface area contributed by atoms with E-state index in [4.69, 9.17) is 18.9 Å². The molecule has 2 heterocycles. The third-order valence-corrected chi connectivity index (χ3v) is 5.56. The van der Waals surface area contributed by atoms with Crippen molar-refractivity contribution in [3.05, 3.63) is 47.5 Å². The molecule has 172 valence electrons. The Balaban J connectivity index is 1.69. The van der Waals surface area contributed by atoms with Gasteiger partial charge in [0.05, 0.1) is 20.1 Å². The number of hydrogen-bond acceptors (Lipinski definition) is 10. The molecule has 32 heavy (non-hydrogen) atoms.